The summed E-state index contributed by atoms with van der Waals surface area (Å²) in [4.78, 5) is 49.4. The van der Waals surface area contributed by atoms with Crippen LogP contribution >= 0.6 is 0 Å². The first kappa shape index (κ1) is 58.1. The first-order valence-electron chi connectivity index (χ1n) is 24.6. The molecule has 2 rings (SSSR count). The van der Waals surface area contributed by atoms with Gasteiger partial charge in [-0.15, -0.1) is 0 Å². The number of ketones is 2. The predicted octanol–water partition coefficient (Wildman–Crippen LogP) is 15.6. The van der Waals surface area contributed by atoms with E-state index in [0.717, 1.165) is 12.8 Å². The summed E-state index contributed by atoms with van der Waals surface area (Å²) in [5.41, 5.74) is 0.900. The maximum absolute atomic E-state index is 12.5. The van der Waals surface area contributed by atoms with E-state index in [2.05, 4.69) is 38.2 Å². The quantitative estimate of drug-likeness (QED) is 0.0175. The lowest BCUT2D eigenvalue weighted by molar-refractivity contribution is -0.130. The van der Waals surface area contributed by atoms with Gasteiger partial charge in [-0.25, -0.2) is 9.59 Å². The normalized spacial score (nSPS) is 12.8. The summed E-state index contributed by atoms with van der Waals surface area (Å²) < 4.78 is 10.4. The molecule has 0 heterocycles. The molecule has 0 atom stereocenters. The predicted molar refractivity (Wildman–Crippen MR) is 286 cm³/mol. The molecule has 0 spiro atoms. The number of hydrogen-bond acceptors (Lipinski definition) is 8. The van der Waals surface area contributed by atoms with E-state index in [1.54, 1.807) is 36.4 Å². The fraction of sp³-hybridized carbons (Fsp3) is 0.311. The number of carbonyl (C=O) groups excluding carboxylic acids is 4. The van der Waals surface area contributed by atoms with Crippen molar-refractivity contribution in [3.8, 4) is 23.0 Å². The van der Waals surface area contributed by atoms with Crippen LogP contribution in [0.25, 0.3) is 12.2 Å². The standard InChI is InChI=1S/C61H74O8/c1-3-5-7-9-11-13-15-17-19-21-22-24-26-28-30-32-34-36-38-40-61(67)69-59-48-44-53(50-57(59)65)42-46-55(63)51-54(62)45-41-52-43-47-58(56(64)49-52)68-60(66)39-37-35-33-31-29-27-25-23-20-18-16-14-12-10-8-6-4-2/h19-50,64-65H,3-18,51H2,1-2H3/b21-19+,23-20+,24-22+,27-25+,28-26+,31-29+,32-30+,35-33+,36-34+,39-37+,40-38+,45-41+,46-42+. The van der Waals surface area contributed by atoms with E-state index >= 15 is 0 Å². The average molecular weight is 935 g/mol. The molecule has 2 aromatic rings. The van der Waals surface area contributed by atoms with Gasteiger partial charge in [0.1, 0.15) is 0 Å². The maximum Gasteiger partial charge on any atom is 0.336 e. The molecule has 8 heteroatoms. The first-order chi connectivity index (χ1) is 33.7. The molecule has 0 amide bonds. The Morgan fingerprint density at radius 1 is 0.406 bits per heavy atom. The number of aromatic hydroxyl groups is 2. The lowest BCUT2D eigenvalue weighted by atomic mass is 10.1. The highest BCUT2D eigenvalue weighted by Crippen LogP contribution is 2.29. The number of unbranched alkanes of at least 4 members (excludes halogenated alkanes) is 14. The van der Waals surface area contributed by atoms with Crippen molar-refractivity contribution in [1.82, 2.24) is 0 Å². The average Bonchev–Trinajstić information content (AvgIpc) is 3.33. The molecule has 2 N–H and O–H groups in total. The molecule has 0 aromatic heterocycles. The van der Waals surface area contributed by atoms with Crippen LogP contribution in [0.3, 0.4) is 0 Å². The highest BCUT2D eigenvalue weighted by molar-refractivity contribution is 6.11. The number of ether oxygens (including phenoxy) is 2. The van der Waals surface area contributed by atoms with Crippen molar-refractivity contribution in [1.29, 1.82) is 0 Å². The number of carbonyl (C=O) groups is 4. The minimum atomic E-state index is -0.680. The fourth-order valence-electron chi connectivity index (χ4n) is 6.36. The van der Waals surface area contributed by atoms with Crippen LogP contribution in [0.15, 0.2) is 182 Å². The van der Waals surface area contributed by atoms with Crippen molar-refractivity contribution in [2.75, 3.05) is 0 Å². The van der Waals surface area contributed by atoms with Gasteiger partial charge < -0.3 is 19.7 Å². The third kappa shape index (κ3) is 32.3. The van der Waals surface area contributed by atoms with Crippen LogP contribution in [-0.2, 0) is 19.2 Å². The zero-order valence-electron chi connectivity index (χ0n) is 40.8. The van der Waals surface area contributed by atoms with E-state index in [1.165, 1.54) is 163 Å². The van der Waals surface area contributed by atoms with Gasteiger partial charge in [0.2, 0.25) is 0 Å². The van der Waals surface area contributed by atoms with Gasteiger partial charge >= 0.3 is 11.9 Å². The monoisotopic (exact) mass is 935 g/mol. The second-order valence-corrected chi connectivity index (χ2v) is 16.2. The van der Waals surface area contributed by atoms with E-state index < -0.39 is 29.9 Å². The van der Waals surface area contributed by atoms with Crippen LogP contribution in [0.5, 0.6) is 23.0 Å². The summed E-state index contributed by atoms with van der Waals surface area (Å²) >= 11 is 0. The van der Waals surface area contributed by atoms with Crippen molar-refractivity contribution in [2.24, 2.45) is 0 Å². The van der Waals surface area contributed by atoms with Crippen molar-refractivity contribution < 1.29 is 38.9 Å². The molecule has 2 aromatic carbocycles. The van der Waals surface area contributed by atoms with Crippen molar-refractivity contribution in [3.05, 3.63) is 193 Å². The van der Waals surface area contributed by atoms with Gasteiger partial charge in [0.15, 0.2) is 34.6 Å². The zero-order chi connectivity index (χ0) is 49.8. The highest BCUT2D eigenvalue weighted by atomic mass is 16.5. The fourth-order valence-corrected chi connectivity index (χ4v) is 6.36. The number of benzene rings is 2. The number of hydrogen-bond donors (Lipinski definition) is 2. The van der Waals surface area contributed by atoms with Crippen LogP contribution in [0.2, 0.25) is 0 Å². The Bertz CT molecular complexity index is 2230. The van der Waals surface area contributed by atoms with Gasteiger partial charge in [0.25, 0.3) is 0 Å². The molecule has 366 valence electrons. The Hall–Kier alpha value is -7.06. The molecule has 0 aliphatic rings. The Morgan fingerprint density at radius 3 is 1.07 bits per heavy atom. The van der Waals surface area contributed by atoms with Gasteiger partial charge in [-0.2, -0.15) is 0 Å². The van der Waals surface area contributed by atoms with Gasteiger partial charge in [0, 0.05) is 12.2 Å². The van der Waals surface area contributed by atoms with E-state index in [4.69, 9.17) is 9.47 Å². The Kier molecular flexibility index (Phi) is 33.7. The third-order valence-electron chi connectivity index (χ3n) is 10.1. The number of esters is 2. The third-order valence-corrected chi connectivity index (χ3v) is 10.1. The van der Waals surface area contributed by atoms with E-state index in [9.17, 15) is 29.4 Å². The largest absolute Gasteiger partial charge is 0.504 e. The van der Waals surface area contributed by atoms with Crippen LogP contribution in [0.1, 0.15) is 134 Å². The molecule has 0 fully saturated rings. The maximum atomic E-state index is 12.5. The summed E-state index contributed by atoms with van der Waals surface area (Å²) in [6, 6.07) is 8.56. The van der Waals surface area contributed by atoms with Gasteiger partial charge in [-0.05, 0) is 73.2 Å². The molecule has 0 unspecified atom stereocenters. The topological polar surface area (TPSA) is 127 Å². The Balaban J connectivity index is 1.68. The Morgan fingerprint density at radius 2 is 0.725 bits per heavy atom. The van der Waals surface area contributed by atoms with Crippen molar-refractivity contribution in [2.45, 2.75) is 123 Å². The lowest BCUT2D eigenvalue weighted by Crippen LogP contribution is -2.04. The molecule has 0 radical (unpaired) electrons. The number of rotatable bonds is 35. The number of phenolic OH excluding ortho intramolecular Hbond substituents is 2. The zero-order valence-corrected chi connectivity index (χ0v) is 40.8. The summed E-state index contributed by atoms with van der Waals surface area (Å²) in [6.45, 7) is 4.48. The second kappa shape index (κ2) is 40.0. The number of allylic oxidation sites excluding steroid dienone is 22. The number of phenols is 2. The van der Waals surface area contributed by atoms with Crippen molar-refractivity contribution in [3.63, 3.8) is 0 Å². The van der Waals surface area contributed by atoms with Crippen LogP contribution in [0, 0.1) is 0 Å². The van der Waals surface area contributed by atoms with E-state index in [0.29, 0.717) is 11.1 Å². The van der Waals surface area contributed by atoms with Crippen LogP contribution in [0.4, 0.5) is 0 Å². The van der Waals surface area contributed by atoms with Crippen LogP contribution in [-0.4, -0.2) is 33.7 Å². The molecule has 0 aliphatic carbocycles. The van der Waals surface area contributed by atoms with E-state index in [1.807, 2.05) is 60.8 Å². The van der Waals surface area contributed by atoms with Gasteiger partial charge in [0.05, 0.1) is 6.42 Å². The molecular weight excluding hydrogens is 861 g/mol. The molecule has 8 nitrogen and oxygen atoms in total. The summed E-state index contributed by atoms with van der Waals surface area (Å²) in [5.74, 6) is -3.01. The SMILES string of the molecule is CCCCCCCCC/C=C/C=C/C=C/C=C/C=C/C=C/C(=O)Oc1ccc(/C=C/C(=O)CC(=O)/C=C/c2ccc(OC(=O)/C=C/C=C/C=C/C=C/C=C/CCCCCCCCC)c(O)c2)cc1O. The molecule has 69 heavy (non-hydrogen) atoms. The molecule has 0 bridgehead atoms. The lowest BCUT2D eigenvalue weighted by Gasteiger charge is -2.05. The summed E-state index contributed by atoms with van der Waals surface area (Å²) in [6.07, 6.45) is 65.6. The van der Waals surface area contributed by atoms with Crippen molar-refractivity contribution >= 4 is 35.7 Å². The molecular formula is C61H74O8. The minimum absolute atomic E-state index is 0.0480. The summed E-state index contributed by atoms with van der Waals surface area (Å²) in [7, 11) is 0. The highest BCUT2D eigenvalue weighted by Gasteiger charge is 2.09. The molecule has 0 saturated heterocycles. The second-order valence-electron chi connectivity index (χ2n) is 16.2. The van der Waals surface area contributed by atoms with E-state index in [-0.39, 0.29) is 23.0 Å². The minimum Gasteiger partial charge on any atom is -0.504 e. The van der Waals surface area contributed by atoms with Crippen LogP contribution < -0.4 is 9.47 Å². The molecule has 0 aliphatic heterocycles. The summed E-state index contributed by atoms with van der Waals surface area (Å²) in [5, 5.41) is 20.8. The molecule has 0 saturated carbocycles. The Labute approximate surface area is 412 Å². The van der Waals surface area contributed by atoms with Gasteiger partial charge in [-0.3, -0.25) is 9.59 Å². The first-order valence-corrected chi connectivity index (χ1v) is 24.6. The van der Waals surface area contributed by atoms with Gasteiger partial charge in [-0.1, -0.05) is 237 Å². The smallest absolute Gasteiger partial charge is 0.336 e.